The van der Waals surface area contributed by atoms with Gasteiger partial charge in [-0.2, -0.15) is 17.6 Å². The lowest BCUT2D eigenvalue weighted by Crippen LogP contribution is -2.57. The van der Waals surface area contributed by atoms with Gasteiger partial charge in [-0.15, -0.1) is 0 Å². The minimum absolute atomic E-state index is 2.33. The van der Waals surface area contributed by atoms with Gasteiger partial charge in [0.1, 0.15) is 5.57 Å². The van der Waals surface area contributed by atoms with Crippen LogP contribution in [0.2, 0.25) is 0 Å². The maximum absolute atomic E-state index is 13.8. The molecule has 1 aliphatic heterocycles. The lowest BCUT2D eigenvalue weighted by molar-refractivity contribution is -0.258. The van der Waals surface area contributed by atoms with E-state index in [0.717, 1.165) is 0 Å². The van der Waals surface area contributed by atoms with Gasteiger partial charge in [0.25, 0.3) is 5.67 Å². The van der Waals surface area contributed by atoms with E-state index in [4.69, 9.17) is 0 Å². The zero-order chi connectivity index (χ0) is 15.5. The summed E-state index contributed by atoms with van der Waals surface area (Å²) in [5, 5.41) is 0. The molecule has 1 heterocycles. The molecule has 20 heavy (non-hydrogen) atoms. The summed E-state index contributed by atoms with van der Waals surface area (Å²) >= 11 is 0. The third-order valence-electron chi connectivity index (χ3n) is 3.79. The molecule has 0 aromatic heterocycles. The van der Waals surface area contributed by atoms with Gasteiger partial charge < -0.3 is 4.74 Å². The van der Waals surface area contributed by atoms with Crippen molar-refractivity contribution in [3.8, 4) is 0 Å². The molecule has 2 fully saturated rings. The second-order valence-corrected chi connectivity index (χ2v) is 4.50. The highest BCUT2D eigenvalue weighted by atomic mass is 19.3. The fourth-order valence-corrected chi connectivity index (χ4v) is 2.84. The highest BCUT2D eigenvalue weighted by Gasteiger charge is 3.07. The van der Waals surface area contributed by atoms with E-state index in [0.29, 0.717) is 0 Å². The Morgan fingerprint density at radius 2 is 1.30 bits per heavy atom. The topological polar surface area (TPSA) is 43.4 Å². The minimum atomic E-state index is -6.24. The molecular formula is C9F8O3. The molecule has 1 saturated heterocycles. The number of cyclic esters (lactones) is 2. The first-order chi connectivity index (χ1) is 8.83. The number of fused-ring (bicyclic) bond motifs is 1. The summed E-state index contributed by atoms with van der Waals surface area (Å²) < 4.78 is 112. The summed E-state index contributed by atoms with van der Waals surface area (Å²) in [6, 6.07) is 0. The Kier molecular flexibility index (Phi) is 1.80. The van der Waals surface area contributed by atoms with E-state index in [-0.39, 0.29) is 0 Å². The van der Waals surface area contributed by atoms with Gasteiger partial charge in [0, 0.05) is 0 Å². The first kappa shape index (κ1) is 13.3. The van der Waals surface area contributed by atoms with Crippen LogP contribution in [-0.2, 0) is 14.3 Å². The molecule has 3 rings (SSSR count). The van der Waals surface area contributed by atoms with Crippen LogP contribution < -0.4 is 0 Å². The molecule has 2 atom stereocenters. The van der Waals surface area contributed by atoms with Crippen LogP contribution in [0.1, 0.15) is 0 Å². The monoisotopic (exact) mass is 308 g/mol. The number of allylic oxidation sites excluding steroid dienone is 1. The van der Waals surface area contributed by atoms with Crippen molar-refractivity contribution in [2.75, 3.05) is 0 Å². The van der Waals surface area contributed by atoms with Gasteiger partial charge in [-0.05, 0) is 0 Å². The van der Waals surface area contributed by atoms with Gasteiger partial charge in [0.15, 0.2) is 5.83 Å². The molecule has 110 valence electrons. The van der Waals surface area contributed by atoms with Crippen molar-refractivity contribution in [3.63, 3.8) is 0 Å². The number of hydrogen-bond donors (Lipinski definition) is 0. The molecule has 2 unspecified atom stereocenters. The quantitative estimate of drug-likeness (QED) is 0.390. The molecule has 0 aromatic rings. The van der Waals surface area contributed by atoms with Gasteiger partial charge in [-0.1, -0.05) is 0 Å². The summed E-state index contributed by atoms with van der Waals surface area (Å²) in [5.41, 5.74) is -13.2. The van der Waals surface area contributed by atoms with Crippen molar-refractivity contribution in [2.45, 2.75) is 23.4 Å². The zero-order valence-corrected chi connectivity index (χ0v) is 8.75. The fraction of sp³-hybridized carbons (Fsp3) is 0.556. The normalized spacial score (nSPS) is 43.0. The Labute approximate surface area is 103 Å². The van der Waals surface area contributed by atoms with E-state index >= 15 is 0 Å². The number of hydrogen-bond acceptors (Lipinski definition) is 3. The molecule has 2 bridgehead atoms. The zero-order valence-electron chi connectivity index (χ0n) is 8.75. The van der Waals surface area contributed by atoms with Crippen LogP contribution in [0.15, 0.2) is 11.4 Å². The van der Waals surface area contributed by atoms with Crippen LogP contribution in [0, 0.1) is 5.41 Å². The maximum Gasteiger partial charge on any atom is 0.357 e. The molecule has 3 nitrogen and oxygen atoms in total. The Hall–Kier alpha value is -1.68. The third-order valence-corrected chi connectivity index (χ3v) is 3.79. The summed E-state index contributed by atoms with van der Waals surface area (Å²) in [7, 11) is 0. The Morgan fingerprint density at radius 1 is 0.800 bits per heavy atom. The maximum atomic E-state index is 13.8. The predicted molar refractivity (Wildman–Crippen MR) is 40.3 cm³/mol. The van der Waals surface area contributed by atoms with Crippen molar-refractivity contribution in [1.82, 2.24) is 0 Å². The van der Waals surface area contributed by atoms with E-state index in [2.05, 4.69) is 4.74 Å². The van der Waals surface area contributed by atoms with E-state index in [1.807, 2.05) is 0 Å². The molecule has 3 aliphatic rings. The summed E-state index contributed by atoms with van der Waals surface area (Å²) in [4.78, 5) is 22.1. The summed E-state index contributed by atoms with van der Waals surface area (Å²) in [6.45, 7) is 0. The number of rotatable bonds is 0. The second-order valence-electron chi connectivity index (χ2n) is 4.50. The van der Waals surface area contributed by atoms with E-state index < -0.39 is 52.2 Å². The molecule has 0 aromatic carbocycles. The number of halogens is 8. The number of alkyl halides is 7. The Bertz CT molecular complexity index is 623. The average Bonchev–Trinajstić information content (AvgIpc) is 2.66. The number of carbonyl (C=O) groups is 2. The van der Waals surface area contributed by atoms with Gasteiger partial charge in [-0.3, -0.25) is 4.79 Å². The number of carbonyl (C=O) groups excluding carboxylic acids is 2. The third kappa shape index (κ3) is 0.713. The molecule has 1 saturated carbocycles. The Morgan fingerprint density at radius 3 is 1.80 bits per heavy atom. The van der Waals surface area contributed by atoms with Crippen molar-refractivity contribution >= 4 is 11.9 Å². The van der Waals surface area contributed by atoms with E-state index in [9.17, 15) is 44.7 Å². The summed E-state index contributed by atoms with van der Waals surface area (Å²) in [5.74, 6) is -26.4. The largest absolute Gasteiger partial charge is 0.389 e. The molecule has 11 heteroatoms. The van der Waals surface area contributed by atoms with Gasteiger partial charge in [0.05, 0.1) is 0 Å². The standard InChI is InChI=1S/C9F8O3/c10-2-1-3(18)20-4(19)5(1)7(12,13)6(2,11)9(16,17)8(5,14)15. The van der Waals surface area contributed by atoms with Gasteiger partial charge in [-0.25, -0.2) is 22.4 Å². The second kappa shape index (κ2) is 2.70. The predicted octanol–water partition coefficient (Wildman–Crippen LogP) is 1.92. The molecule has 0 radical (unpaired) electrons. The number of esters is 2. The van der Waals surface area contributed by atoms with Crippen LogP contribution in [-0.4, -0.2) is 35.4 Å². The minimum Gasteiger partial charge on any atom is -0.389 e. The lowest BCUT2D eigenvalue weighted by atomic mass is 9.76. The van der Waals surface area contributed by atoms with Crippen LogP contribution in [0.3, 0.4) is 0 Å². The van der Waals surface area contributed by atoms with Crippen molar-refractivity contribution in [2.24, 2.45) is 5.41 Å². The molecule has 2 aliphatic carbocycles. The van der Waals surface area contributed by atoms with E-state index in [1.54, 1.807) is 0 Å². The lowest BCUT2D eigenvalue weighted by Gasteiger charge is -2.32. The number of ether oxygens (including phenoxy) is 1. The average molecular weight is 308 g/mol. The molecule has 1 spiro atoms. The van der Waals surface area contributed by atoms with Crippen LogP contribution >= 0.6 is 0 Å². The van der Waals surface area contributed by atoms with Crippen molar-refractivity contribution in [1.29, 1.82) is 0 Å². The van der Waals surface area contributed by atoms with Crippen molar-refractivity contribution in [3.05, 3.63) is 11.4 Å². The molecule has 0 N–H and O–H groups in total. The SMILES string of the molecule is O=C1OC(=O)C23C1=C(F)C(F)(C(F)(F)C2(F)F)C3(F)F. The smallest absolute Gasteiger partial charge is 0.357 e. The van der Waals surface area contributed by atoms with Crippen LogP contribution in [0.25, 0.3) is 0 Å². The van der Waals surface area contributed by atoms with Gasteiger partial charge >= 0.3 is 29.7 Å². The molecular weight excluding hydrogens is 308 g/mol. The highest BCUT2D eigenvalue weighted by molar-refractivity contribution is 6.14. The van der Waals surface area contributed by atoms with Crippen molar-refractivity contribution < 1.29 is 49.4 Å². The fourth-order valence-electron chi connectivity index (χ4n) is 2.84. The highest BCUT2D eigenvalue weighted by Crippen LogP contribution is 2.81. The van der Waals surface area contributed by atoms with Gasteiger partial charge in [0.2, 0.25) is 5.41 Å². The summed E-state index contributed by atoms with van der Waals surface area (Å²) in [6.07, 6.45) is 0. The van der Waals surface area contributed by atoms with Crippen LogP contribution in [0.5, 0.6) is 0 Å². The van der Waals surface area contributed by atoms with E-state index in [1.165, 1.54) is 0 Å². The molecule has 0 amide bonds. The first-order valence-electron chi connectivity index (χ1n) is 4.83. The van der Waals surface area contributed by atoms with Crippen LogP contribution in [0.4, 0.5) is 35.1 Å². The Balaban J connectivity index is 2.56. The first-order valence-corrected chi connectivity index (χ1v) is 4.83.